The number of thiazole rings is 1. The minimum absolute atomic E-state index is 0.0513. The molecule has 2 N–H and O–H groups in total. The Labute approximate surface area is 160 Å². The van der Waals surface area contributed by atoms with Crippen LogP contribution < -0.4 is 10.0 Å². The third-order valence-electron chi connectivity index (χ3n) is 3.81. The van der Waals surface area contributed by atoms with Crippen molar-refractivity contribution in [1.29, 1.82) is 0 Å². The molecular formula is C18H16FN3O3S2. The summed E-state index contributed by atoms with van der Waals surface area (Å²) >= 11 is 1.20. The van der Waals surface area contributed by atoms with E-state index in [2.05, 4.69) is 15.0 Å². The van der Waals surface area contributed by atoms with Gasteiger partial charge in [0.2, 0.25) is 0 Å². The molecule has 1 amide bonds. The quantitative estimate of drug-likeness (QED) is 0.673. The molecule has 2 aromatic carbocycles. The van der Waals surface area contributed by atoms with Crippen LogP contribution in [0.3, 0.4) is 0 Å². The van der Waals surface area contributed by atoms with Crippen molar-refractivity contribution in [3.05, 3.63) is 69.9 Å². The van der Waals surface area contributed by atoms with Crippen LogP contribution in [0.1, 0.15) is 20.9 Å². The second kappa shape index (κ2) is 7.45. The minimum Gasteiger partial charge on any atom is -0.321 e. The van der Waals surface area contributed by atoms with E-state index < -0.39 is 15.8 Å². The Morgan fingerprint density at radius 3 is 2.56 bits per heavy atom. The summed E-state index contributed by atoms with van der Waals surface area (Å²) in [5.41, 5.74) is 2.79. The van der Waals surface area contributed by atoms with Gasteiger partial charge in [-0.15, -0.1) is 11.3 Å². The molecule has 0 bridgehead atoms. The number of benzene rings is 2. The van der Waals surface area contributed by atoms with Gasteiger partial charge in [-0.1, -0.05) is 18.2 Å². The predicted octanol–water partition coefficient (Wildman–Crippen LogP) is 3.95. The lowest BCUT2D eigenvalue weighted by atomic mass is 10.2. The van der Waals surface area contributed by atoms with Crippen LogP contribution in [-0.4, -0.2) is 19.3 Å². The van der Waals surface area contributed by atoms with Crippen LogP contribution in [0.15, 0.2) is 52.9 Å². The number of sulfonamides is 1. The van der Waals surface area contributed by atoms with Crippen LogP contribution in [0.4, 0.5) is 15.8 Å². The number of aromatic nitrogens is 1. The van der Waals surface area contributed by atoms with Crippen molar-refractivity contribution in [2.75, 3.05) is 10.0 Å². The number of carbonyl (C=O) groups is 1. The van der Waals surface area contributed by atoms with Gasteiger partial charge in [-0.25, -0.2) is 17.8 Å². The second-order valence-corrected chi connectivity index (χ2v) is 8.29. The van der Waals surface area contributed by atoms with Crippen molar-refractivity contribution in [3.63, 3.8) is 0 Å². The highest BCUT2D eigenvalue weighted by molar-refractivity contribution is 7.92. The first kappa shape index (κ1) is 19.0. The number of halogens is 1. The van der Waals surface area contributed by atoms with E-state index in [9.17, 15) is 17.6 Å². The number of hydrogen-bond acceptors (Lipinski definition) is 5. The second-order valence-electron chi connectivity index (χ2n) is 5.79. The number of anilines is 2. The first-order chi connectivity index (χ1) is 12.8. The maximum absolute atomic E-state index is 13.8. The fourth-order valence-electron chi connectivity index (χ4n) is 2.42. The van der Waals surface area contributed by atoms with Gasteiger partial charge in [-0.3, -0.25) is 9.52 Å². The monoisotopic (exact) mass is 405 g/mol. The fourth-order valence-corrected chi connectivity index (χ4v) is 4.46. The van der Waals surface area contributed by atoms with E-state index in [1.54, 1.807) is 31.5 Å². The summed E-state index contributed by atoms with van der Waals surface area (Å²) in [5, 5.41) is 2.67. The lowest BCUT2D eigenvalue weighted by molar-refractivity contribution is 0.102. The number of aryl methyl sites for hydroxylation is 2. The Morgan fingerprint density at radius 2 is 1.89 bits per heavy atom. The zero-order chi connectivity index (χ0) is 19.6. The van der Waals surface area contributed by atoms with Crippen molar-refractivity contribution in [1.82, 2.24) is 4.98 Å². The number of carbonyl (C=O) groups excluding carboxylic acids is 1. The van der Waals surface area contributed by atoms with Gasteiger partial charge in [0.05, 0.1) is 21.8 Å². The highest BCUT2D eigenvalue weighted by Gasteiger charge is 2.20. The standard InChI is InChI=1S/C18H16FN3O3S2/c1-11-7-8-13(21-18(23)17-12(2)20-10-26-17)9-16(11)27(24,25)22-15-6-4-3-5-14(15)19/h3-10,22H,1-2H3,(H,21,23). The van der Waals surface area contributed by atoms with Gasteiger partial charge in [0.25, 0.3) is 15.9 Å². The molecule has 0 saturated heterocycles. The predicted molar refractivity (Wildman–Crippen MR) is 103 cm³/mol. The van der Waals surface area contributed by atoms with Gasteiger partial charge in [-0.2, -0.15) is 0 Å². The number of hydrogen-bond donors (Lipinski definition) is 2. The molecule has 1 heterocycles. The molecule has 3 rings (SSSR count). The van der Waals surface area contributed by atoms with Gasteiger partial charge in [-0.05, 0) is 43.7 Å². The van der Waals surface area contributed by atoms with Crippen molar-refractivity contribution >= 4 is 38.6 Å². The Hall–Kier alpha value is -2.78. The summed E-state index contributed by atoms with van der Waals surface area (Å²) in [6.45, 7) is 3.34. The van der Waals surface area contributed by atoms with Crippen LogP contribution in [0.5, 0.6) is 0 Å². The zero-order valence-corrected chi connectivity index (χ0v) is 16.1. The first-order valence-electron chi connectivity index (χ1n) is 7.87. The number of amides is 1. The summed E-state index contributed by atoms with van der Waals surface area (Å²) in [6.07, 6.45) is 0. The van der Waals surface area contributed by atoms with Crippen molar-refractivity contribution < 1.29 is 17.6 Å². The van der Waals surface area contributed by atoms with Crippen molar-refractivity contribution in [2.45, 2.75) is 18.7 Å². The maximum Gasteiger partial charge on any atom is 0.267 e. The Kier molecular flexibility index (Phi) is 5.24. The van der Waals surface area contributed by atoms with Crippen molar-refractivity contribution in [2.24, 2.45) is 0 Å². The summed E-state index contributed by atoms with van der Waals surface area (Å²) in [5.74, 6) is -1.05. The molecule has 0 aliphatic heterocycles. The van der Waals surface area contributed by atoms with Crippen LogP contribution >= 0.6 is 11.3 Å². The highest BCUT2D eigenvalue weighted by Crippen LogP contribution is 2.25. The van der Waals surface area contributed by atoms with Crippen molar-refractivity contribution in [3.8, 4) is 0 Å². The van der Waals surface area contributed by atoms with E-state index >= 15 is 0 Å². The molecule has 27 heavy (non-hydrogen) atoms. The molecular weight excluding hydrogens is 389 g/mol. The number of rotatable bonds is 5. The topological polar surface area (TPSA) is 88.2 Å². The van der Waals surface area contributed by atoms with E-state index in [4.69, 9.17) is 0 Å². The van der Waals surface area contributed by atoms with E-state index in [-0.39, 0.29) is 16.5 Å². The molecule has 0 aliphatic rings. The van der Waals surface area contributed by atoms with Gasteiger partial charge in [0.1, 0.15) is 10.7 Å². The average Bonchev–Trinajstić information content (AvgIpc) is 3.04. The molecule has 140 valence electrons. The van der Waals surface area contributed by atoms with Crippen LogP contribution in [0, 0.1) is 19.7 Å². The molecule has 6 nitrogen and oxygen atoms in total. The van der Waals surface area contributed by atoms with E-state index in [0.29, 0.717) is 21.8 Å². The number of nitrogens with one attached hydrogen (secondary N) is 2. The SMILES string of the molecule is Cc1ccc(NC(=O)c2scnc2C)cc1S(=O)(=O)Nc1ccccc1F. The molecule has 1 aromatic heterocycles. The van der Waals surface area contributed by atoms with E-state index in [1.807, 2.05) is 0 Å². The lowest BCUT2D eigenvalue weighted by Crippen LogP contribution is -2.16. The zero-order valence-electron chi connectivity index (χ0n) is 14.5. The van der Waals surface area contributed by atoms with Gasteiger partial charge >= 0.3 is 0 Å². The lowest BCUT2D eigenvalue weighted by Gasteiger charge is -2.13. The van der Waals surface area contributed by atoms with E-state index in [0.717, 1.165) is 0 Å². The normalized spacial score (nSPS) is 11.2. The smallest absolute Gasteiger partial charge is 0.267 e. The molecule has 9 heteroatoms. The molecule has 0 spiro atoms. The number of nitrogens with zero attached hydrogens (tertiary/aromatic N) is 1. The van der Waals surface area contributed by atoms with Gasteiger partial charge in [0.15, 0.2) is 0 Å². The fraction of sp³-hybridized carbons (Fsp3) is 0.111. The molecule has 0 fully saturated rings. The summed E-state index contributed by atoms with van der Waals surface area (Å²) in [6, 6.07) is 10.0. The van der Waals surface area contributed by atoms with Crippen LogP contribution in [-0.2, 0) is 10.0 Å². The summed E-state index contributed by atoms with van der Waals surface area (Å²) < 4.78 is 41.4. The molecule has 3 aromatic rings. The minimum atomic E-state index is -4.04. The third-order valence-corrected chi connectivity index (χ3v) is 6.24. The van der Waals surface area contributed by atoms with Gasteiger partial charge < -0.3 is 5.32 Å². The largest absolute Gasteiger partial charge is 0.321 e. The third kappa shape index (κ3) is 4.15. The maximum atomic E-state index is 13.8. The highest BCUT2D eigenvalue weighted by atomic mass is 32.2. The first-order valence-corrected chi connectivity index (χ1v) is 10.2. The Balaban J connectivity index is 1.90. The molecule has 0 saturated carbocycles. The molecule has 0 unspecified atom stereocenters. The van der Waals surface area contributed by atoms with E-state index in [1.165, 1.54) is 41.7 Å². The van der Waals surface area contributed by atoms with Crippen LogP contribution in [0.2, 0.25) is 0 Å². The Bertz CT molecular complexity index is 1110. The van der Waals surface area contributed by atoms with Gasteiger partial charge in [0, 0.05) is 5.69 Å². The summed E-state index contributed by atoms with van der Waals surface area (Å²) in [4.78, 5) is 16.7. The molecule has 0 aliphatic carbocycles. The number of para-hydroxylation sites is 1. The average molecular weight is 405 g/mol. The Morgan fingerprint density at radius 1 is 1.15 bits per heavy atom. The molecule has 0 radical (unpaired) electrons. The molecule has 0 atom stereocenters. The van der Waals surface area contributed by atoms with Crippen LogP contribution in [0.25, 0.3) is 0 Å². The summed E-state index contributed by atoms with van der Waals surface area (Å²) in [7, 11) is -4.04.